The Bertz CT molecular complexity index is 474. The monoisotopic (exact) mass is 305 g/mol. The van der Waals surface area contributed by atoms with Crippen molar-refractivity contribution in [3.8, 4) is 5.75 Å². The van der Waals surface area contributed by atoms with Gasteiger partial charge in [0.2, 0.25) is 5.91 Å². The smallest absolute Gasteiger partial charge is 0.230 e. The molecule has 1 aromatic rings. The molecule has 0 heterocycles. The fourth-order valence-electron chi connectivity index (χ4n) is 3.31. The first-order valence-electron chi connectivity index (χ1n) is 8.22. The molecule has 0 spiro atoms. The van der Waals surface area contributed by atoms with Crippen LogP contribution in [0.15, 0.2) is 24.3 Å². The topological polar surface area (TPSA) is 58.6 Å². The third-order valence-electron chi connectivity index (χ3n) is 4.83. The molecule has 0 aliphatic heterocycles. The number of nitrogens with one attached hydrogen (secondary N) is 1. The molecule has 1 atom stereocenters. The van der Waals surface area contributed by atoms with E-state index in [-0.39, 0.29) is 18.6 Å². The Kier molecular flexibility index (Phi) is 5.83. The molecule has 22 heavy (non-hydrogen) atoms. The van der Waals surface area contributed by atoms with Crippen molar-refractivity contribution >= 4 is 5.91 Å². The maximum absolute atomic E-state index is 12.9. The summed E-state index contributed by atoms with van der Waals surface area (Å²) in [6.45, 7) is 1.96. The molecule has 1 aliphatic rings. The second-order valence-electron chi connectivity index (χ2n) is 6.13. The van der Waals surface area contributed by atoms with Gasteiger partial charge in [0.15, 0.2) is 0 Å². The zero-order chi connectivity index (χ0) is 16.0. The van der Waals surface area contributed by atoms with Crippen LogP contribution in [0.1, 0.15) is 51.0 Å². The Hall–Kier alpha value is -1.55. The van der Waals surface area contributed by atoms with Gasteiger partial charge in [0, 0.05) is 0 Å². The Labute approximate surface area is 132 Å². The molecule has 2 rings (SSSR count). The van der Waals surface area contributed by atoms with Crippen molar-refractivity contribution in [2.45, 2.75) is 56.9 Å². The van der Waals surface area contributed by atoms with Gasteiger partial charge in [0.1, 0.15) is 5.75 Å². The van der Waals surface area contributed by atoms with Gasteiger partial charge < -0.3 is 15.2 Å². The predicted molar refractivity (Wildman–Crippen MR) is 87.1 cm³/mol. The molecular formula is C18H27NO3. The summed E-state index contributed by atoms with van der Waals surface area (Å²) >= 11 is 0. The lowest BCUT2D eigenvalue weighted by Gasteiger charge is -2.37. The summed E-state index contributed by atoms with van der Waals surface area (Å²) in [6, 6.07) is 7.68. The third kappa shape index (κ3) is 3.43. The minimum Gasteiger partial charge on any atom is -0.497 e. The average molecular weight is 305 g/mol. The van der Waals surface area contributed by atoms with Crippen molar-refractivity contribution in [2.24, 2.45) is 0 Å². The van der Waals surface area contributed by atoms with Gasteiger partial charge in [0.05, 0.1) is 25.2 Å². The van der Waals surface area contributed by atoms with Gasteiger partial charge in [-0.05, 0) is 37.0 Å². The second-order valence-corrected chi connectivity index (χ2v) is 6.13. The maximum atomic E-state index is 12.9. The Morgan fingerprint density at radius 1 is 1.27 bits per heavy atom. The lowest BCUT2D eigenvalue weighted by atomic mass is 9.68. The minimum atomic E-state index is -0.465. The van der Waals surface area contributed by atoms with Crippen LogP contribution in [0.4, 0.5) is 0 Å². The van der Waals surface area contributed by atoms with Gasteiger partial charge in [-0.1, -0.05) is 38.3 Å². The summed E-state index contributed by atoms with van der Waals surface area (Å²) in [4.78, 5) is 12.9. The third-order valence-corrected chi connectivity index (χ3v) is 4.83. The van der Waals surface area contributed by atoms with E-state index in [1.165, 1.54) is 6.42 Å². The quantitative estimate of drug-likeness (QED) is 0.849. The first-order valence-corrected chi connectivity index (χ1v) is 8.22. The van der Waals surface area contributed by atoms with Crippen molar-refractivity contribution in [3.63, 3.8) is 0 Å². The van der Waals surface area contributed by atoms with Crippen LogP contribution >= 0.6 is 0 Å². The Morgan fingerprint density at radius 3 is 2.41 bits per heavy atom. The van der Waals surface area contributed by atoms with E-state index in [9.17, 15) is 9.90 Å². The standard InChI is InChI=1S/C18H27NO3/c1-3-15(13-20)19-17(21)18(11-5-4-6-12-18)14-7-9-16(22-2)10-8-14/h7-10,15,20H,3-6,11-13H2,1-2H3,(H,19,21). The summed E-state index contributed by atoms with van der Waals surface area (Å²) < 4.78 is 5.22. The highest BCUT2D eigenvalue weighted by molar-refractivity contribution is 5.88. The van der Waals surface area contributed by atoms with Crippen molar-refractivity contribution in [1.82, 2.24) is 5.32 Å². The maximum Gasteiger partial charge on any atom is 0.230 e. The summed E-state index contributed by atoms with van der Waals surface area (Å²) in [5, 5.41) is 12.4. The van der Waals surface area contributed by atoms with Crippen LogP contribution in [-0.2, 0) is 10.2 Å². The van der Waals surface area contributed by atoms with Gasteiger partial charge in [-0.2, -0.15) is 0 Å². The zero-order valence-electron chi connectivity index (χ0n) is 13.6. The number of ether oxygens (including phenoxy) is 1. The van der Waals surface area contributed by atoms with Crippen molar-refractivity contribution in [2.75, 3.05) is 13.7 Å². The van der Waals surface area contributed by atoms with E-state index in [2.05, 4.69) is 5.32 Å². The average Bonchev–Trinajstić information content (AvgIpc) is 2.60. The van der Waals surface area contributed by atoms with Crippen LogP contribution < -0.4 is 10.1 Å². The number of benzene rings is 1. The largest absolute Gasteiger partial charge is 0.497 e. The predicted octanol–water partition coefficient (Wildman–Crippen LogP) is 2.78. The molecule has 1 unspecified atom stereocenters. The van der Waals surface area contributed by atoms with Gasteiger partial charge in [-0.3, -0.25) is 4.79 Å². The Balaban J connectivity index is 2.28. The molecule has 122 valence electrons. The number of hydrogen-bond donors (Lipinski definition) is 2. The summed E-state index contributed by atoms with van der Waals surface area (Å²) in [7, 11) is 1.64. The number of aliphatic hydroxyl groups excluding tert-OH is 1. The van der Waals surface area contributed by atoms with E-state index in [0.717, 1.165) is 43.4 Å². The summed E-state index contributed by atoms with van der Waals surface area (Å²) in [5.74, 6) is 0.857. The van der Waals surface area contributed by atoms with Gasteiger partial charge in [-0.15, -0.1) is 0 Å². The second kappa shape index (κ2) is 7.63. The van der Waals surface area contributed by atoms with Gasteiger partial charge in [-0.25, -0.2) is 0 Å². The van der Waals surface area contributed by atoms with Crippen LogP contribution in [0.2, 0.25) is 0 Å². The van der Waals surface area contributed by atoms with E-state index in [1.54, 1.807) is 7.11 Å². The van der Waals surface area contributed by atoms with E-state index >= 15 is 0 Å². The van der Waals surface area contributed by atoms with Crippen LogP contribution in [0.5, 0.6) is 5.75 Å². The molecule has 4 nitrogen and oxygen atoms in total. The molecule has 0 saturated heterocycles. The van der Waals surface area contributed by atoms with E-state index in [4.69, 9.17) is 4.74 Å². The highest BCUT2D eigenvalue weighted by atomic mass is 16.5. The molecule has 1 aliphatic carbocycles. The molecule has 2 N–H and O–H groups in total. The first-order chi connectivity index (χ1) is 10.7. The molecule has 0 bridgehead atoms. The number of aliphatic hydroxyl groups is 1. The van der Waals surface area contributed by atoms with Crippen molar-refractivity contribution in [3.05, 3.63) is 29.8 Å². The van der Waals surface area contributed by atoms with Crippen LogP contribution in [0, 0.1) is 0 Å². The van der Waals surface area contributed by atoms with Crippen LogP contribution in [0.25, 0.3) is 0 Å². The number of amides is 1. The van der Waals surface area contributed by atoms with E-state index in [0.29, 0.717) is 0 Å². The number of carbonyl (C=O) groups excluding carboxylic acids is 1. The van der Waals surface area contributed by atoms with Crippen LogP contribution in [-0.4, -0.2) is 30.8 Å². The van der Waals surface area contributed by atoms with E-state index in [1.807, 2.05) is 31.2 Å². The molecule has 0 aromatic heterocycles. The molecule has 1 saturated carbocycles. The fourth-order valence-corrected chi connectivity index (χ4v) is 3.31. The number of methoxy groups -OCH3 is 1. The lowest BCUT2D eigenvalue weighted by molar-refractivity contribution is -0.129. The van der Waals surface area contributed by atoms with Crippen molar-refractivity contribution in [1.29, 1.82) is 0 Å². The molecule has 0 radical (unpaired) electrons. The zero-order valence-corrected chi connectivity index (χ0v) is 13.6. The SMILES string of the molecule is CCC(CO)NC(=O)C1(c2ccc(OC)cc2)CCCCC1. The lowest BCUT2D eigenvalue weighted by Crippen LogP contribution is -2.50. The minimum absolute atomic E-state index is 0.0130. The first kappa shape index (κ1) is 16.8. The number of hydrogen-bond acceptors (Lipinski definition) is 3. The normalized spacial score (nSPS) is 18.5. The van der Waals surface area contributed by atoms with Crippen LogP contribution in [0.3, 0.4) is 0 Å². The highest BCUT2D eigenvalue weighted by Crippen LogP contribution is 2.40. The fraction of sp³-hybridized carbons (Fsp3) is 0.611. The molecule has 1 fully saturated rings. The summed E-state index contributed by atoms with van der Waals surface area (Å²) in [6.07, 6.45) is 5.79. The van der Waals surface area contributed by atoms with Crippen molar-refractivity contribution < 1.29 is 14.6 Å². The molecular weight excluding hydrogens is 278 g/mol. The summed E-state index contributed by atoms with van der Waals surface area (Å²) in [5.41, 5.74) is 0.589. The Morgan fingerprint density at radius 2 is 1.91 bits per heavy atom. The number of rotatable bonds is 6. The molecule has 1 aromatic carbocycles. The highest BCUT2D eigenvalue weighted by Gasteiger charge is 2.41. The molecule has 4 heteroatoms. The van der Waals surface area contributed by atoms with Gasteiger partial charge in [0.25, 0.3) is 0 Å². The number of carbonyl (C=O) groups is 1. The molecule has 1 amide bonds. The van der Waals surface area contributed by atoms with Gasteiger partial charge >= 0.3 is 0 Å². The van der Waals surface area contributed by atoms with E-state index < -0.39 is 5.41 Å².